The highest BCUT2D eigenvalue weighted by Gasteiger charge is 2.27. The number of benzene rings is 3. The first-order chi connectivity index (χ1) is 14.9. The predicted molar refractivity (Wildman–Crippen MR) is 128 cm³/mol. The molecular formula is C26H24BrNO3. The van der Waals surface area contributed by atoms with Gasteiger partial charge < -0.3 is 14.4 Å². The van der Waals surface area contributed by atoms with Crippen LogP contribution >= 0.6 is 15.9 Å². The third-order valence-electron chi connectivity index (χ3n) is 5.17. The van der Waals surface area contributed by atoms with Gasteiger partial charge in [-0.3, -0.25) is 4.79 Å². The number of anilines is 1. The van der Waals surface area contributed by atoms with Crippen LogP contribution in [-0.4, -0.2) is 18.6 Å². The van der Waals surface area contributed by atoms with Crippen molar-refractivity contribution in [1.82, 2.24) is 0 Å². The number of carbonyl (C=O) groups excluding carboxylic acids is 1. The van der Waals surface area contributed by atoms with Crippen molar-refractivity contribution in [2.24, 2.45) is 0 Å². The van der Waals surface area contributed by atoms with Gasteiger partial charge in [0.15, 0.2) is 11.5 Å². The highest BCUT2D eigenvalue weighted by atomic mass is 79.9. The van der Waals surface area contributed by atoms with Crippen LogP contribution < -0.4 is 14.4 Å². The molecule has 0 N–H and O–H groups in total. The largest absolute Gasteiger partial charge is 0.492 e. The molecule has 0 radical (unpaired) electrons. The van der Waals surface area contributed by atoms with Gasteiger partial charge in [0.05, 0.1) is 13.7 Å². The van der Waals surface area contributed by atoms with E-state index >= 15 is 0 Å². The number of hydrogen-bond acceptors (Lipinski definition) is 3. The molecule has 5 heteroatoms. The maximum atomic E-state index is 13.5. The summed E-state index contributed by atoms with van der Waals surface area (Å²) in [5.41, 5.74) is 2.83. The molecule has 3 aromatic carbocycles. The molecule has 1 heterocycles. The minimum absolute atomic E-state index is 0.0837. The summed E-state index contributed by atoms with van der Waals surface area (Å²) in [6, 6.07) is 21.0. The smallest absolute Gasteiger partial charge is 0.258 e. The summed E-state index contributed by atoms with van der Waals surface area (Å²) >= 11 is 3.52. The lowest BCUT2D eigenvalue weighted by Gasteiger charge is -2.31. The first-order valence-electron chi connectivity index (χ1n) is 10.1. The lowest BCUT2D eigenvalue weighted by atomic mass is 9.99. The monoisotopic (exact) mass is 477 g/mol. The van der Waals surface area contributed by atoms with Crippen LogP contribution in [0.5, 0.6) is 11.5 Å². The van der Waals surface area contributed by atoms with Gasteiger partial charge in [-0.05, 0) is 50.3 Å². The molecule has 0 aromatic heterocycles. The van der Waals surface area contributed by atoms with Crippen molar-refractivity contribution < 1.29 is 14.3 Å². The second-order valence-electron chi connectivity index (χ2n) is 7.95. The number of fused-ring (bicyclic) bond motifs is 1. The summed E-state index contributed by atoms with van der Waals surface area (Å²) in [6.07, 6.45) is 4.08. The number of halogens is 1. The molecule has 0 bridgehead atoms. The zero-order valence-electron chi connectivity index (χ0n) is 17.8. The topological polar surface area (TPSA) is 38.8 Å². The summed E-state index contributed by atoms with van der Waals surface area (Å²) in [5.74, 6) is 1.27. The van der Waals surface area contributed by atoms with Gasteiger partial charge in [0.1, 0.15) is 5.60 Å². The van der Waals surface area contributed by atoms with Gasteiger partial charge in [-0.1, -0.05) is 58.4 Å². The fraction of sp³-hybridized carbons (Fsp3) is 0.192. The van der Waals surface area contributed by atoms with Crippen LogP contribution in [0, 0.1) is 0 Å². The van der Waals surface area contributed by atoms with Crippen molar-refractivity contribution in [2.75, 3.05) is 12.0 Å². The molecule has 0 saturated heterocycles. The summed E-state index contributed by atoms with van der Waals surface area (Å²) < 4.78 is 12.9. The number of amides is 1. The van der Waals surface area contributed by atoms with Gasteiger partial charge in [0, 0.05) is 26.9 Å². The molecule has 3 aromatic rings. The number of nitrogens with zero attached hydrogens (tertiary/aromatic N) is 1. The van der Waals surface area contributed by atoms with Crippen molar-refractivity contribution in [2.45, 2.75) is 26.0 Å². The molecule has 0 unspecified atom stereocenters. The molecule has 158 valence electrons. The van der Waals surface area contributed by atoms with Gasteiger partial charge in [-0.15, -0.1) is 0 Å². The third kappa shape index (κ3) is 4.52. The fourth-order valence-electron chi connectivity index (χ4n) is 3.62. The van der Waals surface area contributed by atoms with Crippen molar-refractivity contribution in [3.63, 3.8) is 0 Å². The average Bonchev–Trinajstić information content (AvgIpc) is 2.76. The van der Waals surface area contributed by atoms with Crippen molar-refractivity contribution >= 4 is 33.6 Å². The minimum Gasteiger partial charge on any atom is -0.492 e. The van der Waals surface area contributed by atoms with Gasteiger partial charge in [-0.25, -0.2) is 0 Å². The Morgan fingerprint density at radius 1 is 1.06 bits per heavy atom. The molecule has 1 aliphatic heterocycles. The first kappa shape index (κ1) is 21.2. The maximum absolute atomic E-state index is 13.5. The van der Waals surface area contributed by atoms with E-state index in [0.29, 0.717) is 23.6 Å². The van der Waals surface area contributed by atoms with Crippen molar-refractivity contribution in [1.29, 1.82) is 0 Å². The molecule has 0 spiro atoms. The zero-order chi connectivity index (χ0) is 22.0. The first-order valence-corrected chi connectivity index (χ1v) is 10.9. The maximum Gasteiger partial charge on any atom is 0.258 e. The highest BCUT2D eigenvalue weighted by Crippen LogP contribution is 2.42. The third-order valence-corrected chi connectivity index (χ3v) is 5.67. The average molecular weight is 478 g/mol. The van der Waals surface area contributed by atoms with Crippen LogP contribution in [0.2, 0.25) is 0 Å². The Balaban J connectivity index is 1.78. The van der Waals surface area contributed by atoms with Crippen molar-refractivity contribution in [3.8, 4) is 11.5 Å². The Bertz CT molecular complexity index is 1140. The molecule has 4 nitrogen and oxygen atoms in total. The van der Waals surface area contributed by atoms with E-state index in [9.17, 15) is 4.79 Å². The van der Waals surface area contributed by atoms with Gasteiger partial charge in [0.25, 0.3) is 5.91 Å². The molecule has 0 saturated carbocycles. The fourth-order valence-corrected chi connectivity index (χ4v) is 4.01. The summed E-state index contributed by atoms with van der Waals surface area (Å²) in [5, 5.41) is 0. The molecule has 4 rings (SSSR count). The van der Waals surface area contributed by atoms with Crippen molar-refractivity contribution in [3.05, 3.63) is 94.0 Å². The van der Waals surface area contributed by atoms with Gasteiger partial charge in [-0.2, -0.15) is 0 Å². The SMILES string of the molecule is COc1c(CN(C(=O)c2ccccc2)c2cccc(Br)c2)ccc2c1OC(C)(C)C=C2. The summed E-state index contributed by atoms with van der Waals surface area (Å²) in [6.45, 7) is 4.35. The van der Waals surface area contributed by atoms with E-state index in [1.807, 2.05) is 92.7 Å². The molecular weight excluding hydrogens is 454 g/mol. The van der Waals surface area contributed by atoms with Crippen LogP contribution in [0.15, 0.2) is 77.3 Å². The second-order valence-corrected chi connectivity index (χ2v) is 8.87. The lowest BCUT2D eigenvalue weighted by molar-refractivity contribution is 0.0984. The minimum atomic E-state index is -0.428. The van der Waals surface area contributed by atoms with E-state index in [1.54, 1.807) is 12.0 Å². The molecule has 0 aliphatic carbocycles. The van der Waals surface area contributed by atoms with E-state index in [0.717, 1.165) is 21.3 Å². The molecule has 0 fully saturated rings. The Hall–Kier alpha value is -3.05. The van der Waals surface area contributed by atoms with E-state index < -0.39 is 5.60 Å². The zero-order valence-corrected chi connectivity index (χ0v) is 19.3. The molecule has 0 atom stereocenters. The molecule has 31 heavy (non-hydrogen) atoms. The van der Waals surface area contributed by atoms with Crippen LogP contribution in [0.3, 0.4) is 0 Å². The van der Waals surface area contributed by atoms with E-state index in [1.165, 1.54) is 0 Å². The van der Waals surface area contributed by atoms with E-state index in [-0.39, 0.29) is 5.91 Å². The highest BCUT2D eigenvalue weighted by molar-refractivity contribution is 9.10. The van der Waals surface area contributed by atoms with Crippen LogP contribution in [0.1, 0.15) is 35.3 Å². The Labute approximate surface area is 191 Å². The van der Waals surface area contributed by atoms with Gasteiger partial charge >= 0.3 is 0 Å². The summed E-state index contributed by atoms with van der Waals surface area (Å²) in [7, 11) is 1.64. The lowest BCUT2D eigenvalue weighted by Crippen LogP contribution is -2.31. The van der Waals surface area contributed by atoms with E-state index in [4.69, 9.17) is 9.47 Å². The quantitative estimate of drug-likeness (QED) is 0.421. The number of hydrogen-bond donors (Lipinski definition) is 0. The Morgan fingerprint density at radius 2 is 1.84 bits per heavy atom. The van der Waals surface area contributed by atoms with Crippen LogP contribution in [0.25, 0.3) is 6.08 Å². The summed E-state index contributed by atoms with van der Waals surface area (Å²) in [4.78, 5) is 15.2. The normalized spacial score (nSPS) is 13.8. The number of ether oxygens (including phenoxy) is 2. The van der Waals surface area contributed by atoms with E-state index in [2.05, 4.69) is 15.9 Å². The van der Waals surface area contributed by atoms with Crippen LogP contribution in [-0.2, 0) is 6.54 Å². The van der Waals surface area contributed by atoms with Gasteiger partial charge in [0.2, 0.25) is 0 Å². The number of methoxy groups -OCH3 is 1. The van der Waals surface area contributed by atoms with Crippen LogP contribution in [0.4, 0.5) is 5.69 Å². The Morgan fingerprint density at radius 3 is 2.55 bits per heavy atom. The molecule has 1 amide bonds. The second kappa shape index (κ2) is 8.60. The number of carbonyl (C=O) groups is 1. The molecule has 1 aliphatic rings. The standard InChI is InChI=1S/C26H24BrNO3/c1-26(2)15-14-18-12-13-20(23(30-3)24(18)31-26)17-28(22-11-7-10-21(27)16-22)25(29)19-8-5-4-6-9-19/h4-16H,17H2,1-3H3. The number of rotatable bonds is 5. The predicted octanol–water partition coefficient (Wildman–Crippen LogP) is 6.49. The Kier molecular flexibility index (Phi) is 5.88.